The number of anilines is 1. The molecule has 4 aliphatic rings. The molecule has 50 heavy (non-hydrogen) atoms. The first-order valence-corrected chi connectivity index (χ1v) is 18.8. The van der Waals surface area contributed by atoms with E-state index in [1.807, 2.05) is 13.0 Å². The van der Waals surface area contributed by atoms with Gasteiger partial charge in [-0.25, -0.2) is 0 Å². The van der Waals surface area contributed by atoms with Crippen molar-refractivity contribution in [3.05, 3.63) is 53.3 Å². The highest BCUT2D eigenvalue weighted by Gasteiger charge is 2.70. The number of Topliss-reactive ketones (excluding diaryl/α,β-unsaturated/α-hetero) is 2. The van der Waals surface area contributed by atoms with E-state index in [1.54, 1.807) is 0 Å². The van der Waals surface area contributed by atoms with E-state index in [0.717, 1.165) is 36.3 Å². The average Bonchev–Trinajstić information content (AvgIpc) is 3.35. The minimum absolute atomic E-state index is 0.0377. The third-order valence-corrected chi connectivity index (χ3v) is 12.2. The number of allylic oxidation sites excluding steroid dienone is 4. The smallest absolute Gasteiger partial charge is 0.310 e. The van der Waals surface area contributed by atoms with Gasteiger partial charge >= 0.3 is 17.9 Å². The molecule has 1 aromatic rings. The van der Waals surface area contributed by atoms with Gasteiger partial charge in [-0.2, -0.15) is 0 Å². The number of nitrogens with zero attached hydrogens (tertiary/aromatic N) is 1. The van der Waals surface area contributed by atoms with Crippen molar-refractivity contribution in [3.8, 4) is 0 Å². The molecule has 0 radical (unpaired) electrons. The molecule has 272 valence electrons. The monoisotopic (exact) mass is 729 g/mol. The maximum absolute atomic E-state index is 14.2. The van der Waals surface area contributed by atoms with Crippen molar-refractivity contribution in [1.29, 1.82) is 0 Å². The number of aryl methyl sites for hydroxylation is 1. The fourth-order valence-corrected chi connectivity index (χ4v) is 9.90. The fourth-order valence-electron chi connectivity index (χ4n) is 9.50. The summed E-state index contributed by atoms with van der Waals surface area (Å²) < 4.78 is 16.7. The molecular formula is C39H49Cl2NO8. The van der Waals surface area contributed by atoms with Gasteiger partial charge in [0.15, 0.2) is 12.2 Å². The Kier molecular flexibility index (Phi) is 11.9. The molecule has 6 atom stereocenters. The Labute approximate surface area is 305 Å². The third-order valence-electron chi connectivity index (χ3n) is 11.8. The first-order chi connectivity index (χ1) is 23.8. The number of hydrogen-bond acceptors (Lipinski definition) is 9. The van der Waals surface area contributed by atoms with E-state index in [4.69, 9.17) is 37.4 Å². The third kappa shape index (κ3) is 7.41. The number of fused-ring (bicyclic) bond motifs is 5. The minimum Gasteiger partial charge on any atom is -0.458 e. The van der Waals surface area contributed by atoms with Crippen LogP contribution in [-0.2, 0) is 44.6 Å². The molecule has 0 amide bonds. The van der Waals surface area contributed by atoms with Crippen LogP contribution < -0.4 is 4.90 Å². The van der Waals surface area contributed by atoms with Crippen LogP contribution >= 0.6 is 23.2 Å². The van der Waals surface area contributed by atoms with Crippen molar-refractivity contribution < 1.29 is 38.2 Å². The Hall–Kier alpha value is -3.17. The molecule has 0 N–H and O–H groups in total. The van der Waals surface area contributed by atoms with Crippen molar-refractivity contribution >= 4 is 58.4 Å². The molecule has 0 aromatic heterocycles. The normalized spacial score (nSPS) is 29.8. The van der Waals surface area contributed by atoms with Crippen LogP contribution in [0, 0.1) is 28.6 Å². The van der Waals surface area contributed by atoms with Gasteiger partial charge in [-0.3, -0.25) is 24.0 Å². The summed E-state index contributed by atoms with van der Waals surface area (Å²) >= 11 is 11.9. The van der Waals surface area contributed by atoms with E-state index in [1.165, 1.54) is 13.8 Å². The zero-order chi connectivity index (χ0) is 36.3. The van der Waals surface area contributed by atoms with Crippen LogP contribution in [0.4, 0.5) is 5.69 Å². The lowest BCUT2D eigenvalue weighted by molar-refractivity contribution is -0.191. The topological polar surface area (TPSA) is 116 Å². The highest BCUT2D eigenvalue weighted by atomic mass is 35.5. The van der Waals surface area contributed by atoms with Crippen LogP contribution in [0.3, 0.4) is 0 Å². The van der Waals surface area contributed by atoms with E-state index < -0.39 is 40.8 Å². The molecule has 0 saturated heterocycles. The predicted molar refractivity (Wildman–Crippen MR) is 191 cm³/mol. The molecule has 9 nitrogen and oxygen atoms in total. The molecule has 4 aliphatic carbocycles. The highest BCUT2D eigenvalue weighted by molar-refractivity contribution is 6.18. The van der Waals surface area contributed by atoms with Gasteiger partial charge in [0.25, 0.3) is 0 Å². The fraction of sp³-hybridized carbons (Fsp3) is 0.615. The molecule has 2 fully saturated rings. The summed E-state index contributed by atoms with van der Waals surface area (Å²) in [5.41, 5.74) is 0.332. The number of carbonyl (C=O) groups is 5. The summed E-state index contributed by atoms with van der Waals surface area (Å²) in [6.07, 6.45) is 8.63. The van der Waals surface area contributed by atoms with E-state index in [9.17, 15) is 24.0 Å². The summed E-state index contributed by atoms with van der Waals surface area (Å²) in [4.78, 5) is 66.7. The second-order valence-electron chi connectivity index (χ2n) is 14.8. The van der Waals surface area contributed by atoms with E-state index in [0.29, 0.717) is 56.0 Å². The Balaban J connectivity index is 1.24. The van der Waals surface area contributed by atoms with Crippen LogP contribution in [0.15, 0.2) is 47.7 Å². The van der Waals surface area contributed by atoms with Crippen molar-refractivity contribution in [2.45, 2.75) is 91.1 Å². The second-order valence-corrected chi connectivity index (χ2v) is 15.5. The molecule has 5 rings (SSSR count). The summed E-state index contributed by atoms with van der Waals surface area (Å²) in [6, 6.07) is 8.26. The van der Waals surface area contributed by atoms with Crippen LogP contribution in [-0.4, -0.2) is 66.5 Å². The molecule has 0 spiro atoms. The predicted octanol–water partition coefficient (Wildman–Crippen LogP) is 6.91. The lowest BCUT2D eigenvalue weighted by Gasteiger charge is -2.57. The van der Waals surface area contributed by atoms with Gasteiger partial charge in [0.1, 0.15) is 11.5 Å². The van der Waals surface area contributed by atoms with Crippen LogP contribution in [0.5, 0.6) is 0 Å². The van der Waals surface area contributed by atoms with Crippen LogP contribution in [0.25, 0.3) is 0 Å². The first kappa shape index (κ1) is 38.1. The van der Waals surface area contributed by atoms with Gasteiger partial charge in [-0.1, -0.05) is 32.1 Å². The van der Waals surface area contributed by atoms with Gasteiger partial charge in [-0.05, 0) is 79.7 Å². The van der Waals surface area contributed by atoms with Gasteiger partial charge < -0.3 is 19.1 Å². The number of halogens is 2. The number of hydrogen-bond donors (Lipinski definition) is 0. The van der Waals surface area contributed by atoms with Crippen molar-refractivity contribution in [2.75, 3.05) is 36.4 Å². The lowest BCUT2D eigenvalue weighted by atomic mass is 9.47. The van der Waals surface area contributed by atoms with E-state index >= 15 is 0 Å². The Morgan fingerprint density at radius 2 is 1.68 bits per heavy atom. The number of alkyl halides is 2. The zero-order valence-electron chi connectivity index (χ0n) is 29.6. The van der Waals surface area contributed by atoms with Crippen LogP contribution in [0.1, 0.15) is 84.6 Å². The van der Waals surface area contributed by atoms with Gasteiger partial charge in [0, 0.05) is 80.4 Å². The maximum Gasteiger partial charge on any atom is 0.310 e. The van der Waals surface area contributed by atoms with Gasteiger partial charge in [-0.15, -0.1) is 23.2 Å². The van der Waals surface area contributed by atoms with Gasteiger partial charge in [0.2, 0.25) is 5.78 Å². The Bertz CT molecular complexity index is 1550. The molecule has 0 bridgehead atoms. The number of benzene rings is 1. The molecule has 2 saturated carbocycles. The molecular weight excluding hydrogens is 681 g/mol. The number of carbonyl (C=O) groups excluding carboxylic acids is 5. The summed E-state index contributed by atoms with van der Waals surface area (Å²) in [5, 5.41) is 0. The number of ketones is 2. The Morgan fingerprint density at radius 1 is 0.980 bits per heavy atom. The average molecular weight is 731 g/mol. The van der Waals surface area contributed by atoms with E-state index in [-0.39, 0.29) is 42.3 Å². The summed E-state index contributed by atoms with van der Waals surface area (Å²) in [5.74, 6) is -0.571. The zero-order valence-corrected chi connectivity index (χ0v) is 31.1. The quantitative estimate of drug-likeness (QED) is 0.114. The summed E-state index contributed by atoms with van der Waals surface area (Å²) in [7, 11) is 0. The summed E-state index contributed by atoms with van der Waals surface area (Å²) in [6.45, 7) is 7.46. The van der Waals surface area contributed by atoms with Crippen molar-refractivity contribution in [2.24, 2.45) is 28.6 Å². The largest absolute Gasteiger partial charge is 0.458 e. The number of esters is 3. The second kappa shape index (κ2) is 15.6. The molecule has 11 heteroatoms. The standard InChI is InChI=1S/C39H49Cl2NO8/c1-25(43)48-24-34(46)39(50-26(2)44)17-15-32-31-13-10-28-22-30(14-16-37(28,3)36(31)33(45)23-38(32,39)4)49-35(47)7-5-6-27-8-11-29(12-9-27)42(20-18-40)21-19-41/h8-12,22,31-32,36H,5-7,13-21,23-24H2,1-4H3/t31-,32-,36+,37-,38-,39-/m0/s1. The number of rotatable bonds is 14. The molecule has 0 heterocycles. The highest BCUT2D eigenvalue weighted by Crippen LogP contribution is 2.67. The number of ether oxygens (including phenoxy) is 3. The van der Waals surface area contributed by atoms with Crippen LogP contribution in [0.2, 0.25) is 0 Å². The molecule has 0 aliphatic heterocycles. The van der Waals surface area contributed by atoms with Crippen molar-refractivity contribution in [1.82, 2.24) is 0 Å². The first-order valence-electron chi connectivity index (χ1n) is 17.7. The van der Waals surface area contributed by atoms with Crippen molar-refractivity contribution in [3.63, 3.8) is 0 Å². The molecule has 0 unspecified atom stereocenters. The molecule has 1 aromatic carbocycles. The lowest BCUT2D eigenvalue weighted by Crippen LogP contribution is -2.62. The SMILES string of the molecule is CC(=O)OCC(=O)[C@@]1(OC(C)=O)CC[C@H]2[C@@H]3CC=C4C=C(OC(=O)CCCc5ccc(N(CCCl)CCCl)cc5)CC[C@]4(C)[C@H]3C(=O)C[C@@]21C. The Morgan fingerprint density at radius 3 is 2.32 bits per heavy atom. The van der Waals surface area contributed by atoms with Gasteiger partial charge in [0.05, 0.1) is 0 Å². The minimum atomic E-state index is -1.53. The maximum atomic E-state index is 14.2. The van der Waals surface area contributed by atoms with E-state index in [2.05, 4.69) is 42.2 Å².